The molecule has 1 N–H and O–H groups in total. The molecule has 1 amide bonds. The smallest absolute Gasteiger partial charge is 0.295 e. The molecule has 1 aliphatic rings. The minimum atomic E-state index is -0.803. The summed E-state index contributed by atoms with van der Waals surface area (Å²) in [5.41, 5.74) is 2.82. The summed E-state index contributed by atoms with van der Waals surface area (Å²) in [5.74, 6) is -1.99. The molecular weight excluding hydrogens is 395 g/mol. The minimum absolute atomic E-state index is 0.0201. The van der Waals surface area contributed by atoms with Crippen LogP contribution in [-0.4, -0.2) is 33.2 Å². The van der Waals surface area contributed by atoms with Crippen LogP contribution in [-0.2, 0) is 16.0 Å². The number of ketones is 1. The van der Waals surface area contributed by atoms with Gasteiger partial charge in [-0.25, -0.2) is 4.39 Å². The van der Waals surface area contributed by atoms with Crippen molar-refractivity contribution in [3.8, 4) is 0 Å². The van der Waals surface area contributed by atoms with Gasteiger partial charge in [0.2, 0.25) is 0 Å². The van der Waals surface area contributed by atoms with Crippen LogP contribution in [0.25, 0.3) is 5.76 Å². The Morgan fingerprint density at radius 1 is 1.03 bits per heavy atom. The van der Waals surface area contributed by atoms with Crippen LogP contribution in [0.15, 0.2) is 78.5 Å². The summed E-state index contributed by atoms with van der Waals surface area (Å²) in [4.78, 5) is 31.6. The summed E-state index contributed by atoms with van der Waals surface area (Å²) >= 11 is 0. The molecule has 2 aromatic carbocycles. The quantitative estimate of drug-likeness (QED) is 0.385. The van der Waals surface area contributed by atoms with Crippen LogP contribution >= 0.6 is 0 Å². The lowest BCUT2D eigenvalue weighted by Gasteiger charge is -2.24. The SMILES string of the molecule is Cc1ccc(/C(O)=C2/C(=O)C(=O)N(CCc3ccc(F)cc3)C2c2ccccn2)cc1. The highest BCUT2D eigenvalue weighted by Crippen LogP contribution is 2.38. The summed E-state index contributed by atoms with van der Waals surface area (Å²) in [6.45, 7) is 2.15. The van der Waals surface area contributed by atoms with E-state index in [0.29, 0.717) is 17.7 Å². The Kier molecular flexibility index (Phi) is 5.62. The number of aliphatic hydroxyl groups excluding tert-OH is 1. The van der Waals surface area contributed by atoms with Crippen LogP contribution in [0, 0.1) is 12.7 Å². The first-order valence-corrected chi connectivity index (χ1v) is 9.96. The molecule has 0 aliphatic carbocycles. The second-order valence-electron chi connectivity index (χ2n) is 7.49. The van der Waals surface area contributed by atoms with Gasteiger partial charge in [0.1, 0.15) is 17.6 Å². The third kappa shape index (κ3) is 4.10. The van der Waals surface area contributed by atoms with Gasteiger partial charge in [0.05, 0.1) is 11.3 Å². The summed E-state index contributed by atoms with van der Waals surface area (Å²) < 4.78 is 13.2. The van der Waals surface area contributed by atoms with Gasteiger partial charge in [-0.2, -0.15) is 0 Å². The number of halogens is 1. The number of carbonyl (C=O) groups excluding carboxylic acids is 2. The molecule has 3 aromatic rings. The monoisotopic (exact) mass is 416 g/mol. The first-order valence-electron chi connectivity index (χ1n) is 9.96. The van der Waals surface area contributed by atoms with E-state index >= 15 is 0 Å². The van der Waals surface area contributed by atoms with Crippen molar-refractivity contribution in [2.24, 2.45) is 0 Å². The molecule has 0 bridgehead atoms. The summed E-state index contributed by atoms with van der Waals surface area (Å²) in [6.07, 6.45) is 2.02. The molecule has 31 heavy (non-hydrogen) atoms. The molecule has 1 unspecified atom stereocenters. The Balaban J connectivity index is 1.74. The van der Waals surface area contributed by atoms with Crippen LogP contribution in [0.2, 0.25) is 0 Å². The number of rotatable bonds is 5. The highest BCUT2D eigenvalue weighted by molar-refractivity contribution is 6.46. The molecule has 2 heterocycles. The fourth-order valence-corrected chi connectivity index (χ4v) is 3.72. The van der Waals surface area contributed by atoms with E-state index in [1.165, 1.54) is 17.0 Å². The number of aryl methyl sites for hydroxylation is 1. The van der Waals surface area contributed by atoms with Crippen molar-refractivity contribution < 1.29 is 19.1 Å². The number of amides is 1. The Bertz CT molecular complexity index is 1140. The number of Topliss-reactive ketones (excluding diaryl/α,β-unsaturated/α-hetero) is 1. The average Bonchev–Trinajstić information content (AvgIpc) is 3.04. The van der Waals surface area contributed by atoms with E-state index in [1.54, 1.807) is 48.7 Å². The zero-order valence-electron chi connectivity index (χ0n) is 17.0. The molecule has 1 aliphatic heterocycles. The molecule has 0 spiro atoms. The molecule has 1 saturated heterocycles. The van der Waals surface area contributed by atoms with E-state index in [0.717, 1.165) is 11.1 Å². The predicted octanol–water partition coefficient (Wildman–Crippen LogP) is 4.19. The number of aliphatic hydroxyl groups is 1. The van der Waals surface area contributed by atoms with Gasteiger partial charge in [0.15, 0.2) is 0 Å². The molecule has 0 radical (unpaired) electrons. The van der Waals surface area contributed by atoms with Crippen LogP contribution in [0.1, 0.15) is 28.4 Å². The van der Waals surface area contributed by atoms with Gasteiger partial charge in [-0.3, -0.25) is 14.6 Å². The van der Waals surface area contributed by atoms with Gasteiger partial charge in [0.25, 0.3) is 11.7 Å². The number of nitrogens with zero attached hydrogens (tertiary/aromatic N) is 2. The van der Waals surface area contributed by atoms with Crippen molar-refractivity contribution in [2.75, 3.05) is 6.54 Å². The average molecular weight is 416 g/mol. The zero-order chi connectivity index (χ0) is 22.0. The first kappa shape index (κ1) is 20.5. The topological polar surface area (TPSA) is 70.5 Å². The van der Waals surface area contributed by atoms with Crippen molar-refractivity contribution in [3.63, 3.8) is 0 Å². The minimum Gasteiger partial charge on any atom is -0.507 e. The molecule has 1 aromatic heterocycles. The van der Waals surface area contributed by atoms with E-state index in [-0.39, 0.29) is 23.7 Å². The lowest BCUT2D eigenvalue weighted by molar-refractivity contribution is -0.139. The summed E-state index contributed by atoms with van der Waals surface area (Å²) in [7, 11) is 0. The fraction of sp³-hybridized carbons (Fsp3) is 0.160. The van der Waals surface area contributed by atoms with Crippen molar-refractivity contribution in [1.29, 1.82) is 0 Å². The third-order valence-electron chi connectivity index (χ3n) is 5.39. The number of hydrogen-bond donors (Lipinski definition) is 1. The Morgan fingerprint density at radius 3 is 2.39 bits per heavy atom. The predicted molar refractivity (Wildman–Crippen MR) is 115 cm³/mol. The standard InChI is InChI=1S/C25H21FN2O3/c1-16-5-9-18(10-6-16)23(29)21-22(20-4-2-3-14-27-20)28(25(31)24(21)30)15-13-17-7-11-19(26)12-8-17/h2-12,14,22,29H,13,15H2,1H3/b23-21-. The van der Waals surface area contributed by atoms with Crippen molar-refractivity contribution in [1.82, 2.24) is 9.88 Å². The van der Waals surface area contributed by atoms with Gasteiger partial charge in [-0.05, 0) is 43.2 Å². The van der Waals surface area contributed by atoms with E-state index in [9.17, 15) is 19.1 Å². The van der Waals surface area contributed by atoms with E-state index in [1.807, 2.05) is 19.1 Å². The number of hydrogen-bond acceptors (Lipinski definition) is 4. The molecule has 156 valence electrons. The molecule has 1 fully saturated rings. The molecular formula is C25H21FN2O3. The van der Waals surface area contributed by atoms with Crippen molar-refractivity contribution in [3.05, 3.63) is 107 Å². The Labute approximate surface area is 179 Å². The van der Waals surface area contributed by atoms with E-state index in [2.05, 4.69) is 4.98 Å². The van der Waals surface area contributed by atoms with Crippen LogP contribution in [0.4, 0.5) is 4.39 Å². The number of carbonyl (C=O) groups is 2. The van der Waals surface area contributed by atoms with Gasteiger partial charge >= 0.3 is 0 Å². The van der Waals surface area contributed by atoms with Crippen molar-refractivity contribution >= 4 is 17.4 Å². The zero-order valence-corrected chi connectivity index (χ0v) is 17.0. The number of likely N-dealkylation sites (tertiary alicyclic amines) is 1. The lowest BCUT2D eigenvalue weighted by atomic mass is 9.98. The van der Waals surface area contributed by atoms with Gasteiger partial charge < -0.3 is 10.0 Å². The normalized spacial score (nSPS) is 17.9. The summed E-state index contributed by atoms with van der Waals surface area (Å²) in [6, 6.07) is 17.5. The second kappa shape index (κ2) is 8.52. The maximum atomic E-state index is 13.2. The van der Waals surface area contributed by atoms with Crippen LogP contribution in [0.3, 0.4) is 0 Å². The highest BCUT2D eigenvalue weighted by Gasteiger charge is 2.46. The largest absolute Gasteiger partial charge is 0.507 e. The lowest BCUT2D eigenvalue weighted by Crippen LogP contribution is -2.32. The Hall–Kier alpha value is -3.80. The van der Waals surface area contributed by atoms with Gasteiger partial charge in [-0.15, -0.1) is 0 Å². The van der Waals surface area contributed by atoms with Crippen LogP contribution in [0.5, 0.6) is 0 Å². The Morgan fingerprint density at radius 2 is 1.74 bits per heavy atom. The first-order chi connectivity index (χ1) is 15.0. The molecule has 0 saturated carbocycles. The molecule has 4 rings (SSSR count). The molecule has 6 heteroatoms. The summed E-state index contributed by atoms with van der Waals surface area (Å²) in [5, 5.41) is 11.0. The van der Waals surface area contributed by atoms with Crippen molar-refractivity contribution in [2.45, 2.75) is 19.4 Å². The second-order valence-corrected chi connectivity index (χ2v) is 7.49. The molecule has 5 nitrogen and oxygen atoms in total. The van der Waals surface area contributed by atoms with Gasteiger partial charge in [-0.1, -0.05) is 48.0 Å². The highest BCUT2D eigenvalue weighted by atomic mass is 19.1. The molecule has 1 atom stereocenters. The third-order valence-corrected chi connectivity index (χ3v) is 5.39. The van der Waals surface area contributed by atoms with Gasteiger partial charge in [0, 0.05) is 18.3 Å². The van der Waals surface area contributed by atoms with E-state index in [4.69, 9.17) is 0 Å². The maximum absolute atomic E-state index is 13.2. The number of benzene rings is 2. The van der Waals surface area contributed by atoms with Crippen LogP contribution < -0.4 is 0 Å². The number of pyridine rings is 1. The number of aromatic nitrogens is 1. The fourth-order valence-electron chi connectivity index (χ4n) is 3.72. The van der Waals surface area contributed by atoms with E-state index < -0.39 is 17.7 Å². The maximum Gasteiger partial charge on any atom is 0.295 e.